The maximum Gasteiger partial charge on any atom is 0.122 e. The molecule has 1 aliphatic carbocycles. The number of methoxy groups -OCH3 is 1. The molecular formula is C14H21NO2S. The first-order valence-electron chi connectivity index (χ1n) is 6.41. The smallest absolute Gasteiger partial charge is 0.122 e. The molecule has 0 aromatic heterocycles. The van der Waals surface area contributed by atoms with E-state index in [1.807, 2.05) is 6.07 Å². The van der Waals surface area contributed by atoms with Gasteiger partial charge in [-0.15, -0.1) is 0 Å². The van der Waals surface area contributed by atoms with Crippen molar-refractivity contribution in [2.75, 3.05) is 19.5 Å². The minimum atomic E-state index is 0.232. The van der Waals surface area contributed by atoms with Crippen LogP contribution in [0.4, 0.5) is 0 Å². The van der Waals surface area contributed by atoms with Gasteiger partial charge in [0.25, 0.3) is 0 Å². The van der Waals surface area contributed by atoms with Crippen LogP contribution in [-0.4, -0.2) is 30.6 Å². The van der Waals surface area contributed by atoms with E-state index in [2.05, 4.69) is 17.4 Å². The van der Waals surface area contributed by atoms with E-state index in [1.54, 1.807) is 18.9 Å². The Hall–Kier alpha value is -0.710. The standard InChI is InChI=1S/C14H21NO2S/c1-17-14-5-2-11(9-15-13-3-4-13)8-12(14)10-18-7-6-16/h2,5,8,13,15-16H,3-4,6-7,9-10H2,1H3. The van der Waals surface area contributed by atoms with Crippen LogP contribution in [0, 0.1) is 0 Å². The molecule has 0 atom stereocenters. The van der Waals surface area contributed by atoms with Gasteiger partial charge in [-0.3, -0.25) is 0 Å². The Kier molecular flexibility index (Phi) is 5.35. The summed E-state index contributed by atoms with van der Waals surface area (Å²) >= 11 is 1.73. The van der Waals surface area contributed by atoms with Crippen molar-refractivity contribution in [2.45, 2.75) is 31.2 Å². The van der Waals surface area contributed by atoms with Crippen LogP contribution in [0.25, 0.3) is 0 Å². The van der Waals surface area contributed by atoms with Crippen molar-refractivity contribution in [3.8, 4) is 5.75 Å². The van der Waals surface area contributed by atoms with Crippen molar-refractivity contribution in [2.24, 2.45) is 0 Å². The molecule has 1 aliphatic rings. The molecular weight excluding hydrogens is 246 g/mol. The fourth-order valence-corrected chi connectivity index (χ4v) is 2.57. The second-order valence-corrected chi connectivity index (χ2v) is 5.68. The van der Waals surface area contributed by atoms with Crippen molar-refractivity contribution in [3.63, 3.8) is 0 Å². The van der Waals surface area contributed by atoms with E-state index >= 15 is 0 Å². The fourth-order valence-electron chi connectivity index (χ4n) is 1.85. The fraction of sp³-hybridized carbons (Fsp3) is 0.571. The van der Waals surface area contributed by atoms with Crippen LogP contribution in [0.3, 0.4) is 0 Å². The zero-order valence-electron chi connectivity index (χ0n) is 10.8. The summed E-state index contributed by atoms with van der Waals surface area (Å²) in [6.07, 6.45) is 2.63. The van der Waals surface area contributed by atoms with E-state index < -0.39 is 0 Å². The zero-order chi connectivity index (χ0) is 12.8. The predicted molar refractivity (Wildman–Crippen MR) is 76.1 cm³/mol. The molecule has 0 aliphatic heterocycles. The molecule has 0 saturated heterocycles. The lowest BCUT2D eigenvalue weighted by atomic mass is 10.1. The number of hydrogen-bond acceptors (Lipinski definition) is 4. The Bertz CT molecular complexity index is 380. The molecule has 1 saturated carbocycles. The first-order chi connectivity index (χ1) is 8.83. The van der Waals surface area contributed by atoms with Gasteiger partial charge in [0.1, 0.15) is 5.75 Å². The zero-order valence-corrected chi connectivity index (χ0v) is 11.6. The molecule has 2 rings (SSSR count). The van der Waals surface area contributed by atoms with Crippen molar-refractivity contribution in [3.05, 3.63) is 29.3 Å². The number of aliphatic hydroxyl groups excluding tert-OH is 1. The Labute approximate surface area is 113 Å². The summed E-state index contributed by atoms with van der Waals surface area (Å²) in [5.74, 6) is 2.60. The van der Waals surface area contributed by atoms with Crippen molar-refractivity contribution >= 4 is 11.8 Å². The molecule has 0 bridgehead atoms. The molecule has 0 unspecified atom stereocenters. The largest absolute Gasteiger partial charge is 0.496 e. The number of hydrogen-bond donors (Lipinski definition) is 2. The molecule has 4 heteroatoms. The average molecular weight is 267 g/mol. The highest BCUT2D eigenvalue weighted by molar-refractivity contribution is 7.98. The first kappa shape index (κ1) is 13.7. The molecule has 0 spiro atoms. The van der Waals surface area contributed by atoms with Crippen molar-refractivity contribution in [1.29, 1.82) is 0 Å². The molecule has 1 aromatic carbocycles. The minimum absolute atomic E-state index is 0.232. The topological polar surface area (TPSA) is 41.5 Å². The van der Waals surface area contributed by atoms with Gasteiger partial charge in [-0.2, -0.15) is 11.8 Å². The van der Waals surface area contributed by atoms with E-state index in [9.17, 15) is 0 Å². The molecule has 2 N–H and O–H groups in total. The van der Waals surface area contributed by atoms with Gasteiger partial charge >= 0.3 is 0 Å². The maximum absolute atomic E-state index is 8.82. The van der Waals surface area contributed by atoms with Gasteiger partial charge in [-0.1, -0.05) is 6.07 Å². The SMILES string of the molecule is COc1ccc(CNC2CC2)cc1CSCCO. The third-order valence-corrected chi connectivity index (χ3v) is 4.00. The second kappa shape index (κ2) is 7.02. The molecule has 100 valence electrons. The van der Waals surface area contributed by atoms with Crippen molar-refractivity contribution in [1.82, 2.24) is 5.32 Å². The highest BCUT2D eigenvalue weighted by atomic mass is 32.2. The van der Waals surface area contributed by atoms with E-state index in [1.165, 1.54) is 24.0 Å². The highest BCUT2D eigenvalue weighted by Gasteiger charge is 2.20. The van der Waals surface area contributed by atoms with Gasteiger partial charge in [0.2, 0.25) is 0 Å². The molecule has 1 aromatic rings. The first-order valence-corrected chi connectivity index (χ1v) is 7.56. The summed E-state index contributed by atoms with van der Waals surface area (Å²) in [5.41, 5.74) is 2.52. The quantitative estimate of drug-likeness (QED) is 0.708. The third kappa shape index (κ3) is 4.19. The van der Waals surface area contributed by atoms with Gasteiger partial charge in [-0.25, -0.2) is 0 Å². The Morgan fingerprint density at radius 1 is 1.44 bits per heavy atom. The van der Waals surface area contributed by atoms with Gasteiger partial charge in [-0.05, 0) is 30.5 Å². The number of rotatable bonds is 8. The van der Waals surface area contributed by atoms with Crippen LogP contribution in [0.2, 0.25) is 0 Å². The Balaban J connectivity index is 1.95. The number of aliphatic hydroxyl groups is 1. The summed E-state index contributed by atoms with van der Waals surface area (Å²) in [7, 11) is 1.71. The summed E-state index contributed by atoms with van der Waals surface area (Å²) < 4.78 is 5.37. The summed E-state index contributed by atoms with van der Waals surface area (Å²) in [4.78, 5) is 0. The van der Waals surface area contributed by atoms with Crippen molar-refractivity contribution < 1.29 is 9.84 Å². The minimum Gasteiger partial charge on any atom is -0.496 e. The van der Waals surface area contributed by atoms with Crippen LogP contribution >= 0.6 is 11.8 Å². The van der Waals surface area contributed by atoms with E-state index in [0.717, 1.165) is 29.8 Å². The molecule has 18 heavy (non-hydrogen) atoms. The Morgan fingerprint density at radius 2 is 2.28 bits per heavy atom. The normalized spacial score (nSPS) is 14.8. The monoisotopic (exact) mass is 267 g/mol. The molecule has 0 amide bonds. The van der Waals surface area contributed by atoms with Crippen LogP contribution < -0.4 is 10.1 Å². The molecule has 1 fully saturated rings. The van der Waals surface area contributed by atoms with Crippen LogP contribution in [0.1, 0.15) is 24.0 Å². The number of benzene rings is 1. The van der Waals surface area contributed by atoms with E-state index in [-0.39, 0.29) is 6.61 Å². The van der Waals surface area contributed by atoms with Crippen LogP contribution in [-0.2, 0) is 12.3 Å². The molecule has 3 nitrogen and oxygen atoms in total. The highest BCUT2D eigenvalue weighted by Crippen LogP contribution is 2.25. The summed E-state index contributed by atoms with van der Waals surface area (Å²) in [5, 5.41) is 12.3. The summed E-state index contributed by atoms with van der Waals surface area (Å²) in [6.45, 7) is 1.17. The van der Waals surface area contributed by atoms with Gasteiger partial charge in [0.05, 0.1) is 13.7 Å². The number of thioether (sulfide) groups is 1. The van der Waals surface area contributed by atoms with Gasteiger partial charge < -0.3 is 15.2 Å². The third-order valence-electron chi connectivity index (χ3n) is 3.01. The second-order valence-electron chi connectivity index (χ2n) is 4.58. The Morgan fingerprint density at radius 3 is 2.94 bits per heavy atom. The molecule has 0 heterocycles. The van der Waals surface area contributed by atoms with Crippen LogP contribution in [0.15, 0.2) is 18.2 Å². The lowest BCUT2D eigenvalue weighted by Gasteiger charge is -2.11. The lowest BCUT2D eigenvalue weighted by Crippen LogP contribution is -2.15. The molecule has 0 radical (unpaired) electrons. The van der Waals surface area contributed by atoms with Gasteiger partial charge in [0.15, 0.2) is 0 Å². The summed E-state index contributed by atoms with van der Waals surface area (Å²) in [6, 6.07) is 7.10. The van der Waals surface area contributed by atoms with Gasteiger partial charge in [0, 0.05) is 29.7 Å². The number of ether oxygens (including phenoxy) is 1. The maximum atomic E-state index is 8.82. The predicted octanol–water partition coefficient (Wildman–Crippen LogP) is 2.17. The van der Waals surface area contributed by atoms with E-state index in [0.29, 0.717) is 0 Å². The number of nitrogens with one attached hydrogen (secondary N) is 1. The van der Waals surface area contributed by atoms with Crippen LogP contribution in [0.5, 0.6) is 5.75 Å². The lowest BCUT2D eigenvalue weighted by molar-refractivity contribution is 0.322. The van der Waals surface area contributed by atoms with E-state index in [4.69, 9.17) is 9.84 Å². The average Bonchev–Trinajstić information content (AvgIpc) is 3.21.